The quantitative estimate of drug-likeness (QED) is 0.213. The zero-order valence-corrected chi connectivity index (χ0v) is 25.0. The molecule has 214 valence electrons. The average Bonchev–Trinajstić information content (AvgIpc) is 3.32. The number of carbonyl (C=O) groups excluding carboxylic acids is 3. The van der Waals surface area contributed by atoms with Crippen LogP contribution in [0.15, 0.2) is 42.5 Å². The van der Waals surface area contributed by atoms with Crippen LogP contribution in [0.1, 0.15) is 47.8 Å². The van der Waals surface area contributed by atoms with Gasteiger partial charge < -0.3 is 34.5 Å². The van der Waals surface area contributed by atoms with Crippen LogP contribution in [0.3, 0.4) is 0 Å². The lowest BCUT2D eigenvalue weighted by atomic mass is 9.95. The number of aldehydes is 1. The number of ether oxygens (including phenoxy) is 3. The van der Waals surface area contributed by atoms with Gasteiger partial charge in [0.2, 0.25) is 0 Å². The van der Waals surface area contributed by atoms with Crippen LogP contribution in [0.5, 0.6) is 11.5 Å². The van der Waals surface area contributed by atoms with Crippen molar-refractivity contribution in [2.24, 2.45) is 0 Å². The molecule has 2 N–H and O–H groups in total. The molecule has 0 aliphatic heterocycles. The molecule has 0 spiro atoms. The van der Waals surface area contributed by atoms with Gasteiger partial charge in [-0.1, -0.05) is 6.07 Å². The number of benzene rings is 2. The number of aryl methyl sites for hydroxylation is 1. The maximum atomic E-state index is 12.9. The number of nitrogens with zero attached hydrogens (tertiary/aromatic N) is 1. The molecular formula is C30H37N3O6S. The van der Waals surface area contributed by atoms with Crippen LogP contribution in [0.4, 0.5) is 16.2 Å². The average molecular weight is 568 g/mol. The lowest BCUT2D eigenvalue weighted by molar-refractivity contribution is -0.110. The molecule has 0 fully saturated rings. The summed E-state index contributed by atoms with van der Waals surface area (Å²) in [6.07, 6.45) is 0.278. The summed E-state index contributed by atoms with van der Waals surface area (Å²) in [7, 11) is 5.30. The van der Waals surface area contributed by atoms with E-state index in [1.807, 2.05) is 58.0 Å². The van der Waals surface area contributed by atoms with E-state index in [-0.39, 0.29) is 12.6 Å². The van der Waals surface area contributed by atoms with Crippen molar-refractivity contribution in [2.45, 2.75) is 52.8 Å². The van der Waals surface area contributed by atoms with E-state index in [1.54, 1.807) is 38.1 Å². The third-order valence-electron chi connectivity index (χ3n) is 5.85. The minimum Gasteiger partial charge on any atom is -0.496 e. The Kier molecular flexibility index (Phi) is 9.81. The Morgan fingerprint density at radius 2 is 1.77 bits per heavy atom. The van der Waals surface area contributed by atoms with Crippen LogP contribution < -0.4 is 25.0 Å². The Bertz CT molecular complexity index is 1380. The molecule has 0 unspecified atom stereocenters. The monoisotopic (exact) mass is 567 g/mol. The summed E-state index contributed by atoms with van der Waals surface area (Å²) >= 11 is 1.37. The first-order valence-electron chi connectivity index (χ1n) is 12.8. The Hall–Kier alpha value is -4.05. The van der Waals surface area contributed by atoms with Crippen molar-refractivity contribution in [1.29, 1.82) is 0 Å². The first-order chi connectivity index (χ1) is 18.8. The minimum absolute atomic E-state index is 0.0339. The molecule has 2 aromatic carbocycles. The van der Waals surface area contributed by atoms with Crippen LogP contribution in [-0.2, 0) is 16.1 Å². The van der Waals surface area contributed by atoms with Gasteiger partial charge in [0.1, 0.15) is 29.3 Å². The van der Waals surface area contributed by atoms with E-state index in [2.05, 4.69) is 10.6 Å². The van der Waals surface area contributed by atoms with Gasteiger partial charge in [0.05, 0.1) is 24.0 Å². The minimum atomic E-state index is -0.831. The second-order valence-electron chi connectivity index (χ2n) is 10.4. The van der Waals surface area contributed by atoms with Gasteiger partial charge in [-0.25, -0.2) is 9.59 Å². The first kappa shape index (κ1) is 30.5. The topological polar surface area (TPSA) is 106 Å². The highest BCUT2D eigenvalue weighted by atomic mass is 32.1. The van der Waals surface area contributed by atoms with E-state index in [0.717, 1.165) is 22.4 Å². The Morgan fingerprint density at radius 3 is 2.35 bits per heavy atom. The molecule has 40 heavy (non-hydrogen) atoms. The van der Waals surface area contributed by atoms with Crippen molar-refractivity contribution in [2.75, 3.05) is 31.4 Å². The summed E-state index contributed by atoms with van der Waals surface area (Å²) in [4.78, 5) is 40.2. The maximum Gasteiger partial charge on any atom is 0.412 e. The summed E-state index contributed by atoms with van der Waals surface area (Å²) in [5.74, 6) is 0.362. The molecule has 0 atom stereocenters. The molecule has 1 heterocycles. The molecule has 0 aliphatic rings. The van der Waals surface area contributed by atoms with Gasteiger partial charge in [0.25, 0.3) is 0 Å². The molecule has 0 saturated carbocycles. The summed E-state index contributed by atoms with van der Waals surface area (Å²) in [6, 6.07) is 12.4. The van der Waals surface area contributed by atoms with E-state index >= 15 is 0 Å². The van der Waals surface area contributed by atoms with Crippen molar-refractivity contribution in [3.8, 4) is 22.6 Å². The predicted octanol–water partition coefficient (Wildman–Crippen LogP) is 6.04. The van der Waals surface area contributed by atoms with Gasteiger partial charge in [-0.2, -0.15) is 0 Å². The van der Waals surface area contributed by atoms with E-state index in [4.69, 9.17) is 14.2 Å². The molecule has 1 aromatic heterocycles. The zero-order chi connectivity index (χ0) is 29.6. The molecule has 0 saturated heterocycles. The standard InChI is InChI=1S/C30H37N3O6S/c1-18(2)31-29(36)39-20-10-11-22(25(15-20)37-8)21-12-13-24(32-30(4,5)17-34)27(33(6)7)23(21)16-38-28(35)26-14-9-19(3)40-26/h9-15,17-18,32H,16H2,1-8H3,(H,31,36). The highest BCUT2D eigenvalue weighted by Crippen LogP contribution is 2.42. The normalized spacial score (nSPS) is 11.1. The third kappa shape index (κ3) is 7.53. The fourth-order valence-electron chi connectivity index (χ4n) is 4.11. The van der Waals surface area contributed by atoms with Gasteiger partial charge in [-0.05, 0) is 70.5 Å². The number of esters is 1. The van der Waals surface area contributed by atoms with Crippen LogP contribution in [0.2, 0.25) is 0 Å². The molecule has 0 bridgehead atoms. The Labute approximate surface area is 239 Å². The summed E-state index contributed by atoms with van der Waals surface area (Å²) < 4.78 is 16.9. The molecule has 10 heteroatoms. The van der Waals surface area contributed by atoms with Crippen LogP contribution >= 0.6 is 11.3 Å². The third-order valence-corrected chi connectivity index (χ3v) is 6.83. The largest absolute Gasteiger partial charge is 0.496 e. The van der Waals surface area contributed by atoms with Crippen molar-refractivity contribution >= 4 is 41.1 Å². The predicted molar refractivity (Wildman–Crippen MR) is 159 cm³/mol. The zero-order valence-electron chi connectivity index (χ0n) is 24.2. The summed E-state index contributed by atoms with van der Waals surface area (Å²) in [5, 5.41) is 5.98. The molecule has 3 rings (SSSR count). The van der Waals surface area contributed by atoms with Gasteiger partial charge in [0, 0.05) is 42.2 Å². The molecular weight excluding hydrogens is 530 g/mol. The molecule has 9 nitrogen and oxygen atoms in total. The number of thiophene rings is 1. The molecule has 1 amide bonds. The number of hydrogen-bond donors (Lipinski definition) is 2. The Balaban J connectivity index is 2.11. The fraction of sp³-hybridized carbons (Fsp3) is 0.367. The summed E-state index contributed by atoms with van der Waals surface area (Å²) in [6.45, 7) is 9.15. The number of carbonyl (C=O) groups is 3. The van der Waals surface area contributed by atoms with Gasteiger partial charge in [-0.15, -0.1) is 11.3 Å². The number of nitrogens with one attached hydrogen (secondary N) is 2. The Morgan fingerprint density at radius 1 is 1.07 bits per heavy atom. The van der Waals surface area contributed by atoms with Crippen LogP contribution in [0.25, 0.3) is 11.1 Å². The SMILES string of the molecule is COc1cc(OC(=O)NC(C)C)ccc1-c1ccc(NC(C)(C)C=O)c(N(C)C)c1COC(=O)c1ccc(C)s1. The molecule has 0 radical (unpaired) electrons. The highest BCUT2D eigenvalue weighted by Gasteiger charge is 2.25. The van der Waals surface area contributed by atoms with Crippen LogP contribution in [0, 0.1) is 6.92 Å². The van der Waals surface area contributed by atoms with Crippen molar-refractivity contribution in [1.82, 2.24) is 5.32 Å². The van der Waals surface area contributed by atoms with E-state index < -0.39 is 17.6 Å². The lowest BCUT2D eigenvalue weighted by Gasteiger charge is -2.29. The van der Waals surface area contributed by atoms with Gasteiger partial charge in [-0.3, -0.25) is 0 Å². The second kappa shape index (κ2) is 12.9. The second-order valence-corrected chi connectivity index (χ2v) is 11.7. The van der Waals surface area contributed by atoms with Gasteiger partial charge >= 0.3 is 12.1 Å². The smallest absolute Gasteiger partial charge is 0.412 e. The van der Waals surface area contributed by atoms with Crippen molar-refractivity contribution < 1.29 is 28.6 Å². The number of anilines is 2. The lowest BCUT2D eigenvalue weighted by Crippen LogP contribution is -2.33. The van der Waals surface area contributed by atoms with Crippen molar-refractivity contribution in [3.63, 3.8) is 0 Å². The molecule has 3 aromatic rings. The summed E-state index contributed by atoms with van der Waals surface area (Å²) in [5.41, 5.74) is 2.80. The number of hydrogen-bond acceptors (Lipinski definition) is 9. The van der Waals surface area contributed by atoms with E-state index in [1.165, 1.54) is 18.4 Å². The fourth-order valence-corrected chi connectivity index (χ4v) is 4.87. The number of rotatable bonds is 11. The van der Waals surface area contributed by atoms with Gasteiger partial charge in [0.15, 0.2) is 0 Å². The number of methoxy groups -OCH3 is 1. The maximum absolute atomic E-state index is 12.9. The first-order valence-corrected chi connectivity index (χ1v) is 13.6. The van der Waals surface area contributed by atoms with E-state index in [0.29, 0.717) is 33.2 Å². The highest BCUT2D eigenvalue weighted by molar-refractivity contribution is 7.13. The molecule has 0 aliphatic carbocycles. The number of amides is 1. The van der Waals surface area contributed by atoms with E-state index in [9.17, 15) is 14.4 Å². The van der Waals surface area contributed by atoms with Crippen molar-refractivity contribution in [3.05, 3.63) is 57.8 Å². The van der Waals surface area contributed by atoms with Crippen LogP contribution in [-0.4, -0.2) is 51.1 Å².